The summed E-state index contributed by atoms with van der Waals surface area (Å²) in [4.78, 5) is 13.6. The van der Waals surface area contributed by atoms with E-state index in [1.165, 1.54) is 6.07 Å². The van der Waals surface area contributed by atoms with Crippen LogP contribution >= 0.6 is 0 Å². The normalized spacial score (nSPS) is 11.2. The Kier molecular flexibility index (Phi) is 4.87. The SMILES string of the molecule is NNc1ccc([N+](=O)[O-])c(OCCCC(F)(F)F)n1. The molecule has 0 aliphatic rings. The summed E-state index contributed by atoms with van der Waals surface area (Å²) in [5, 5.41) is 10.7. The Hall–Kier alpha value is -2.10. The summed E-state index contributed by atoms with van der Waals surface area (Å²) in [5.74, 6) is 4.81. The minimum absolute atomic E-state index is 0.108. The molecule has 0 aliphatic heterocycles. The molecule has 1 rings (SSSR count). The quantitative estimate of drug-likeness (QED) is 0.357. The summed E-state index contributed by atoms with van der Waals surface area (Å²) in [6, 6.07) is 2.35. The maximum atomic E-state index is 11.9. The van der Waals surface area contributed by atoms with Gasteiger partial charge in [-0.05, 0) is 12.5 Å². The molecule has 1 heterocycles. The number of hydrogen-bond donors (Lipinski definition) is 2. The number of nitrogens with one attached hydrogen (secondary N) is 1. The number of rotatable bonds is 6. The van der Waals surface area contributed by atoms with Crippen LogP contribution in [0, 0.1) is 10.1 Å². The van der Waals surface area contributed by atoms with Crippen LogP contribution < -0.4 is 16.0 Å². The van der Waals surface area contributed by atoms with Crippen molar-refractivity contribution in [1.82, 2.24) is 4.98 Å². The second kappa shape index (κ2) is 6.18. The molecule has 0 unspecified atom stereocenters. The molecule has 0 saturated carbocycles. The number of halogens is 3. The minimum Gasteiger partial charge on any atom is -0.473 e. The number of alkyl halides is 3. The average molecular weight is 280 g/mol. The molecule has 0 amide bonds. The number of nitrogens with two attached hydrogens (primary N) is 1. The van der Waals surface area contributed by atoms with Crippen molar-refractivity contribution in [2.45, 2.75) is 19.0 Å². The van der Waals surface area contributed by atoms with Crippen molar-refractivity contribution in [3.63, 3.8) is 0 Å². The molecule has 19 heavy (non-hydrogen) atoms. The zero-order valence-corrected chi connectivity index (χ0v) is 9.61. The van der Waals surface area contributed by atoms with Gasteiger partial charge in [0.05, 0.1) is 11.5 Å². The summed E-state index contributed by atoms with van der Waals surface area (Å²) in [5.41, 5.74) is 1.72. The van der Waals surface area contributed by atoms with Gasteiger partial charge in [-0.15, -0.1) is 0 Å². The number of hydrazine groups is 1. The van der Waals surface area contributed by atoms with Crippen molar-refractivity contribution in [2.75, 3.05) is 12.0 Å². The Bertz CT molecular complexity index is 453. The van der Waals surface area contributed by atoms with E-state index in [0.717, 1.165) is 6.07 Å². The van der Waals surface area contributed by atoms with Crippen molar-refractivity contribution in [1.29, 1.82) is 0 Å². The Balaban J connectivity index is 2.67. The van der Waals surface area contributed by atoms with E-state index < -0.39 is 23.2 Å². The van der Waals surface area contributed by atoms with E-state index in [4.69, 9.17) is 10.6 Å². The second-order valence-electron chi connectivity index (χ2n) is 3.49. The van der Waals surface area contributed by atoms with E-state index in [-0.39, 0.29) is 24.7 Å². The summed E-state index contributed by atoms with van der Waals surface area (Å²) >= 11 is 0. The fourth-order valence-corrected chi connectivity index (χ4v) is 1.20. The van der Waals surface area contributed by atoms with Crippen LogP contribution in [0.15, 0.2) is 12.1 Å². The minimum atomic E-state index is -4.29. The van der Waals surface area contributed by atoms with E-state index >= 15 is 0 Å². The molecule has 0 aromatic carbocycles. The number of pyridine rings is 1. The van der Waals surface area contributed by atoms with Gasteiger partial charge in [-0.2, -0.15) is 18.2 Å². The zero-order chi connectivity index (χ0) is 14.5. The monoisotopic (exact) mass is 280 g/mol. The zero-order valence-electron chi connectivity index (χ0n) is 9.61. The summed E-state index contributed by atoms with van der Waals surface area (Å²) < 4.78 is 40.6. The molecule has 106 valence electrons. The standard InChI is InChI=1S/C9H11F3N4O3/c10-9(11,12)4-1-5-19-8-6(16(17)18)2-3-7(14-8)15-13/h2-3H,1,4-5,13H2,(H,14,15). The maximum Gasteiger partial charge on any atom is 0.389 e. The highest BCUT2D eigenvalue weighted by molar-refractivity contribution is 5.48. The van der Waals surface area contributed by atoms with Gasteiger partial charge >= 0.3 is 11.9 Å². The summed E-state index contributed by atoms with van der Waals surface area (Å²) in [6.07, 6.45) is -5.64. The van der Waals surface area contributed by atoms with Crippen LogP contribution in [0.25, 0.3) is 0 Å². The van der Waals surface area contributed by atoms with Crippen molar-refractivity contribution in [2.24, 2.45) is 5.84 Å². The molecule has 0 saturated heterocycles. The van der Waals surface area contributed by atoms with Crippen LogP contribution in [0.3, 0.4) is 0 Å². The van der Waals surface area contributed by atoms with Gasteiger partial charge in [0.25, 0.3) is 5.88 Å². The first-order valence-corrected chi connectivity index (χ1v) is 5.15. The predicted molar refractivity (Wildman–Crippen MR) is 59.5 cm³/mol. The van der Waals surface area contributed by atoms with Gasteiger partial charge in [-0.1, -0.05) is 0 Å². The molecule has 7 nitrogen and oxygen atoms in total. The molecule has 10 heteroatoms. The first kappa shape index (κ1) is 15.0. The van der Waals surface area contributed by atoms with Crippen molar-refractivity contribution in [3.05, 3.63) is 22.2 Å². The molecular weight excluding hydrogens is 269 g/mol. The van der Waals surface area contributed by atoms with Crippen molar-refractivity contribution in [3.8, 4) is 5.88 Å². The Labute approximate surface area is 105 Å². The van der Waals surface area contributed by atoms with Crippen LogP contribution in [-0.4, -0.2) is 22.7 Å². The topological polar surface area (TPSA) is 103 Å². The molecule has 0 atom stereocenters. The Morgan fingerprint density at radius 2 is 2.16 bits per heavy atom. The first-order valence-electron chi connectivity index (χ1n) is 5.15. The molecule has 0 radical (unpaired) electrons. The lowest BCUT2D eigenvalue weighted by molar-refractivity contribution is -0.386. The third kappa shape index (κ3) is 4.95. The fraction of sp³-hybridized carbons (Fsp3) is 0.444. The van der Waals surface area contributed by atoms with Crippen LogP contribution in [-0.2, 0) is 0 Å². The molecular formula is C9H11F3N4O3. The van der Waals surface area contributed by atoms with Gasteiger partial charge in [0.2, 0.25) is 0 Å². The molecule has 1 aromatic heterocycles. The van der Waals surface area contributed by atoms with E-state index in [1.54, 1.807) is 0 Å². The van der Waals surface area contributed by atoms with E-state index in [1.807, 2.05) is 0 Å². The number of ether oxygens (including phenoxy) is 1. The first-order chi connectivity index (χ1) is 8.83. The van der Waals surface area contributed by atoms with E-state index in [0.29, 0.717) is 0 Å². The third-order valence-electron chi connectivity index (χ3n) is 2.03. The van der Waals surface area contributed by atoms with Gasteiger partial charge in [0, 0.05) is 12.5 Å². The fourth-order valence-electron chi connectivity index (χ4n) is 1.20. The van der Waals surface area contributed by atoms with Crippen LogP contribution in [0.5, 0.6) is 5.88 Å². The van der Waals surface area contributed by atoms with E-state index in [2.05, 4.69) is 10.4 Å². The highest BCUT2D eigenvalue weighted by Gasteiger charge is 2.26. The lowest BCUT2D eigenvalue weighted by Crippen LogP contribution is -2.12. The molecule has 0 fully saturated rings. The molecule has 0 spiro atoms. The molecule has 0 bridgehead atoms. The largest absolute Gasteiger partial charge is 0.473 e. The molecule has 3 N–H and O–H groups in total. The van der Waals surface area contributed by atoms with Gasteiger partial charge < -0.3 is 10.2 Å². The van der Waals surface area contributed by atoms with Gasteiger partial charge in [-0.3, -0.25) is 10.1 Å². The lowest BCUT2D eigenvalue weighted by Gasteiger charge is -2.08. The number of aromatic nitrogens is 1. The third-order valence-corrected chi connectivity index (χ3v) is 2.03. The van der Waals surface area contributed by atoms with Gasteiger partial charge in [-0.25, -0.2) is 5.84 Å². The highest BCUT2D eigenvalue weighted by atomic mass is 19.4. The van der Waals surface area contributed by atoms with Gasteiger partial charge in [0.15, 0.2) is 0 Å². The smallest absolute Gasteiger partial charge is 0.389 e. The summed E-state index contributed by atoms with van der Waals surface area (Å²) in [6.45, 7) is -0.332. The summed E-state index contributed by atoms with van der Waals surface area (Å²) in [7, 11) is 0. The number of nitrogens with zero attached hydrogens (tertiary/aromatic N) is 2. The lowest BCUT2D eigenvalue weighted by atomic mass is 10.3. The predicted octanol–water partition coefficient (Wildman–Crippen LogP) is 2.00. The van der Waals surface area contributed by atoms with Crippen LogP contribution in [0.2, 0.25) is 0 Å². The Morgan fingerprint density at radius 3 is 2.68 bits per heavy atom. The van der Waals surface area contributed by atoms with Crippen LogP contribution in [0.4, 0.5) is 24.7 Å². The number of hydrogen-bond acceptors (Lipinski definition) is 6. The van der Waals surface area contributed by atoms with Gasteiger partial charge in [0.1, 0.15) is 5.82 Å². The molecule has 0 aliphatic carbocycles. The van der Waals surface area contributed by atoms with Crippen molar-refractivity contribution >= 4 is 11.5 Å². The maximum absolute atomic E-state index is 11.9. The van der Waals surface area contributed by atoms with Crippen molar-refractivity contribution < 1.29 is 22.8 Å². The average Bonchev–Trinajstić information content (AvgIpc) is 2.33. The number of nitrogen functional groups attached to an aromatic ring is 1. The van der Waals surface area contributed by atoms with E-state index in [9.17, 15) is 23.3 Å². The second-order valence-corrected chi connectivity index (χ2v) is 3.49. The highest BCUT2D eigenvalue weighted by Crippen LogP contribution is 2.27. The molecule has 1 aromatic rings. The number of anilines is 1. The Morgan fingerprint density at radius 1 is 1.47 bits per heavy atom. The van der Waals surface area contributed by atoms with Crippen LogP contribution in [0.1, 0.15) is 12.8 Å². The number of nitro groups is 1.